The van der Waals surface area contributed by atoms with Gasteiger partial charge >= 0.3 is 0 Å². The van der Waals surface area contributed by atoms with Crippen LogP contribution < -0.4 is 0 Å². The van der Waals surface area contributed by atoms with Crippen molar-refractivity contribution in [3.8, 4) is 0 Å². The number of hydrogen-bond donors (Lipinski definition) is 0. The van der Waals surface area contributed by atoms with E-state index in [1.165, 1.54) is 5.56 Å². The summed E-state index contributed by atoms with van der Waals surface area (Å²) in [4.78, 5) is 0. The summed E-state index contributed by atoms with van der Waals surface area (Å²) < 4.78 is 5.33. The SMILES string of the molecule is C=C[C@@H]1O[C@@H]1c1ccc(Cl)cc1. The van der Waals surface area contributed by atoms with E-state index in [2.05, 4.69) is 6.58 Å². The molecule has 0 aliphatic carbocycles. The number of rotatable bonds is 2. The number of halogens is 1. The average Bonchev–Trinajstić information content (AvgIpc) is 2.85. The predicted octanol–water partition coefficient (Wildman–Crippen LogP) is 2.97. The summed E-state index contributed by atoms with van der Waals surface area (Å²) in [6.07, 6.45) is 2.23. The first-order valence-electron chi connectivity index (χ1n) is 3.85. The first kappa shape index (κ1) is 7.84. The second-order valence-electron chi connectivity index (χ2n) is 2.81. The van der Waals surface area contributed by atoms with Gasteiger partial charge in [0.05, 0.1) is 0 Å². The summed E-state index contributed by atoms with van der Waals surface area (Å²) in [5, 5.41) is 0.759. The molecular weight excluding hydrogens is 172 g/mol. The molecule has 0 amide bonds. The van der Waals surface area contributed by atoms with Crippen LogP contribution in [0.3, 0.4) is 0 Å². The molecule has 1 fully saturated rings. The largest absolute Gasteiger partial charge is 0.360 e. The molecule has 62 valence electrons. The number of hydrogen-bond acceptors (Lipinski definition) is 1. The molecule has 0 bridgehead atoms. The topological polar surface area (TPSA) is 12.5 Å². The van der Waals surface area contributed by atoms with Gasteiger partial charge in [0.25, 0.3) is 0 Å². The second kappa shape index (κ2) is 2.92. The molecule has 1 aromatic rings. The lowest BCUT2D eigenvalue weighted by molar-refractivity contribution is 0.394. The lowest BCUT2D eigenvalue weighted by Crippen LogP contribution is -1.82. The highest BCUT2D eigenvalue weighted by atomic mass is 35.5. The first-order chi connectivity index (χ1) is 5.81. The molecule has 2 atom stereocenters. The van der Waals surface area contributed by atoms with Gasteiger partial charge in [0, 0.05) is 5.02 Å². The van der Waals surface area contributed by atoms with Crippen molar-refractivity contribution < 1.29 is 4.74 Å². The molecule has 1 nitrogen and oxygen atoms in total. The van der Waals surface area contributed by atoms with Crippen LogP contribution in [0.15, 0.2) is 36.9 Å². The highest BCUT2D eigenvalue weighted by molar-refractivity contribution is 6.30. The van der Waals surface area contributed by atoms with Gasteiger partial charge in [0.15, 0.2) is 0 Å². The average molecular weight is 181 g/mol. The third kappa shape index (κ3) is 1.38. The van der Waals surface area contributed by atoms with E-state index in [0.717, 1.165) is 5.02 Å². The molecule has 2 heteroatoms. The van der Waals surface area contributed by atoms with Gasteiger partial charge < -0.3 is 4.74 Å². The normalized spacial score (nSPS) is 26.8. The summed E-state index contributed by atoms with van der Waals surface area (Å²) in [5.74, 6) is 0. The highest BCUT2D eigenvalue weighted by Crippen LogP contribution is 2.39. The lowest BCUT2D eigenvalue weighted by atomic mass is 10.1. The Balaban J connectivity index is 2.15. The van der Waals surface area contributed by atoms with Crippen molar-refractivity contribution >= 4 is 11.6 Å². The van der Waals surface area contributed by atoms with E-state index in [4.69, 9.17) is 16.3 Å². The quantitative estimate of drug-likeness (QED) is 0.504. The van der Waals surface area contributed by atoms with Crippen LogP contribution in [0.5, 0.6) is 0 Å². The van der Waals surface area contributed by atoms with E-state index in [9.17, 15) is 0 Å². The van der Waals surface area contributed by atoms with Crippen molar-refractivity contribution in [2.24, 2.45) is 0 Å². The number of ether oxygens (including phenoxy) is 1. The Labute approximate surface area is 76.6 Å². The van der Waals surface area contributed by atoms with Gasteiger partial charge in [-0.05, 0) is 17.7 Å². The Kier molecular flexibility index (Phi) is 1.91. The lowest BCUT2D eigenvalue weighted by Gasteiger charge is -1.94. The van der Waals surface area contributed by atoms with E-state index in [1.807, 2.05) is 30.3 Å². The summed E-state index contributed by atoms with van der Waals surface area (Å²) in [6, 6.07) is 7.71. The Hall–Kier alpha value is -0.790. The minimum Gasteiger partial charge on any atom is -0.360 e. The minimum absolute atomic E-state index is 0.200. The van der Waals surface area contributed by atoms with E-state index >= 15 is 0 Å². The maximum Gasteiger partial charge on any atom is 0.113 e. The fourth-order valence-electron chi connectivity index (χ4n) is 1.22. The van der Waals surface area contributed by atoms with Gasteiger partial charge in [-0.2, -0.15) is 0 Å². The summed E-state index contributed by atoms with van der Waals surface area (Å²) in [5.41, 5.74) is 1.17. The Morgan fingerprint density at radius 3 is 2.50 bits per heavy atom. The highest BCUT2D eigenvalue weighted by Gasteiger charge is 2.37. The van der Waals surface area contributed by atoms with Crippen molar-refractivity contribution in [1.82, 2.24) is 0 Å². The zero-order chi connectivity index (χ0) is 8.55. The van der Waals surface area contributed by atoms with Crippen LogP contribution in [0.25, 0.3) is 0 Å². The molecule has 1 heterocycles. The Bertz CT molecular complexity index is 291. The van der Waals surface area contributed by atoms with E-state index in [1.54, 1.807) is 0 Å². The van der Waals surface area contributed by atoms with Crippen LogP contribution in [-0.2, 0) is 4.74 Å². The van der Waals surface area contributed by atoms with Gasteiger partial charge in [0.1, 0.15) is 12.2 Å². The number of benzene rings is 1. The third-order valence-corrected chi connectivity index (χ3v) is 2.21. The molecule has 1 aromatic carbocycles. The van der Waals surface area contributed by atoms with Crippen molar-refractivity contribution in [1.29, 1.82) is 0 Å². The van der Waals surface area contributed by atoms with Gasteiger partial charge in [0.2, 0.25) is 0 Å². The van der Waals surface area contributed by atoms with E-state index in [0.29, 0.717) is 0 Å². The first-order valence-corrected chi connectivity index (χ1v) is 4.22. The van der Waals surface area contributed by atoms with E-state index < -0.39 is 0 Å². The van der Waals surface area contributed by atoms with Gasteiger partial charge in [-0.3, -0.25) is 0 Å². The van der Waals surface area contributed by atoms with Crippen LogP contribution in [-0.4, -0.2) is 6.10 Å². The maximum atomic E-state index is 5.75. The van der Waals surface area contributed by atoms with Gasteiger partial charge in [-0.1, -0.05) is 29.8 Å². The fraction of sp³-hybridized carbons (Fsp3) is 0.200. The summed E-state index contributed by atoms with van der Waals surface area (Å²) >= 11 is 5.75. The van der Waals surface area contributed by atoms with Crippen LogP contribution >= 0.6 is 11.6 Å². The van der Waals surface area contributed by atoms with Crippen molar-refractivity contribution in [3.05, 3.63) is 47.5 Å². The van der Waals surface area contributed by atoms with Crippen LogP contribution in [0.4, 0.5) is 0 Å². The smallest absolute Gasteiger partial charge is 0.113 e. The van der Waals surface area contributed by atoms with Crippen molar-refractivity contribution in [2.75, 3.05) is 0 Å². The molecule has 2 rings (SSSR count). The van der Waals surface area contributed by atoms with Crippen molar-refractivity contribution in [2.45, 2.75) is 12.2 Å². The third-order valence-electron chi connectivity index (χ3n) is 1.96. The van der Waals surface area contributed by atoms with Gasteiger partial charge in [-0.25, -0.2) is 0 Å². The predicted molar refractivity (Wildman–Crippen MR) is 49.3 cm³/mol. The molecular formula is C10H9ClO. The molecule has 0 aromatic heterocycles. The van der Waals surface area contributed by atoms with E-state index in [-0.39, 0.29) is 12.2 Å². The molecule has 0 N–H and O–H groups in total. The Morgan fingerprint density at radius 2 is 2.00 bits per heavy atom. The molecule has 1 saturated heterocycles. The molecule has 0 unspecified atom stereocenters. The van der Waals surface area contributed by atoms with Crippen molar-refractivity contribution in [3.63, 3.8) is 0 Å². The molecule has 0 spiro atoms. The molecule has 1 aliphatic heterocycles. The molecule has 12 heavy (non-hydrogen) atoms. The summed E-state index contributed by atoms with van der Waals surface area (Å²) in [7, 11) is 0. The van der Waals surface area contributed by atoms with Crippen LogP contribution in [0.1, 0.15) is 11.7 Å². The zero-order valence-corrected chi connectivity index (χ0v) is 7.29. The maximum absolute atomic E-state index is 5.75. The molecule has 0 saturated carbocycles. The molecule has 0 radical (unpaired) electrons. The zero-order valence-electron chi connectivity index (χ0n) is 6.53. The van der Waals surface area contributed by atoms with Gasteiger partial charge in [-0.15, -0.1) is 6.58 Å². The molecule has 1 aliphatic rings. The summed E-state index contributed by atoms with van der Waals surface area (Å²) in [6.45, 7) is 3.66. The van der Waals surface area contributed by atoms with Crippen LogP contribution in [0.2, 0.25) is 5.02 Å². The fourth-order valence-corrected chi connectivity index (χ4v) is 1.35. The second-order valence-corrected chi connectivity index (χ2v) is 3.24. The monoisotopic (exact) mass is 180 g/mol. The number of epoxide rings is 1. The van der Waals surface area contributed by atoms with Crippen LogP contribution in [0, 0.1) is 0 Å². The minimum atomic E-state index is 0.200. The Morgan fingerprint density at radius 1 is 1.33 bits per heavy atom. The standard InChI is InChI=1S/C10H9ClO/c1-2-9-10(12-9)7-3-5-8(11)6-4-7/h2-6,9-10H,1H2/t9-,10+/m0/s1.